The van der Waals surface area contributed by atoms with Crippen LogP contribution >= 0.6 is 11.8 Å². The number of carbonyl (C=O) groups excluding carboxylic acids is 1. The summed E-state index contributed by atoms with van der Waals surface area (Å²) in [5.41, 5.74) is 0.323. The maximum absolute atomic E-state index is 12.7. The maximum Gasteiger partial charge on any atom is 0.221 e. The Labute approximate surface area is 152 Å². The molecule has 4 heteroatoms. The number of nitrogens with one attached hydrogen (secondary N) is 1. The van der Waals surface area contributed by atoms with Gasteiger partial charge in [0.25, 0.3) is 0 Å². The first-order valence-corrected chi connectivity index (χ1v) is 11.0. The molecule has 0 unspecified atom stereocenters. The molecule has 24 heavy (non-hydrogen) atoms. The second-order valence-electron chi connectivity index (χ2n) is 8.96. The minimum Gasteiger partial charge on any atom is -0.394 e. The fraction of sp³-hybridized carbons (Fsp3) is 0.950. The fourth-order valence-electron chi connectivity index (χ4n) is 4.78. The van der Waals surface area contributed by atoms with E-state index >= 15 is 0 Å². The first-order valence-electron chi connectivity index (χ1n) is 9.82. The molecule has 2 N–H and O–H groups in total. The Morgan fingerprint density at radius 1 is 1.17 bits per heavy atom. The lowest BCUT2D eigenvalue weighted by Gasteiger charge is -2.33. The number of rotatable bonds is 10. The van der Waals surface area contributed by atoms with Crippen LogP contribution in [0.2, 0.25) is 0 Å². The Morgan fingerprint density at radius 3 is 2.25 bits per heavy atom. The summed E-state index contributed by atoms with van der Waals surface area (Å²) in [6.07, 6.45) is 8.51. The highest BCUT2D eigenvalue weighted by Crippen LogP contribution is 2.63. The monoisotopic (exact) mass is 355 g/mol. The zero-order valence-corrected chi connectivity index (χ0v) is 16.9. The molecule has 0 aromatic heterocycles. The largest absolute Gasteiger partial charge is 0.394 e. The van der Waals surface area contributed by atoms with E-state index in [0.717, 1.165) is 18.8 Å². The minimum absolute atomic E-state index is 0.0362. The van der Waals surface area contributed by atoms with Gasteiger partial charge in [0.15, 0.2) is 0 Å². The van der Waals surface area contributed by atoms with Crippen LogP contribution in [0.15, 0.2) is 0 Å². The van der Waals surface area contributed by atoms with Crippen LogP contribution in [-0.4, -0.2) is 34.7 Å². The molecule has 0 heterocycles. The number of fused-ring (bicyclic) bond motifs is 2. The predicted molar refractivity (Wildman–Crippen MR) is 103 cm³/mol. The summed E-state index contributed by atoms with van der Waals surface area (Å²) in [7, 11) is 0. The van der Waals surface area contributed by atoms with Crippen LogP contribution in [0.4, 0.5) is 0 Å². The SMILES string of the molecule is CCC(CC)(CO)NC(=O)CC12CCC(CSCC(C)C)(CC1)C2. The molecule has 0 radical (unpaired) electrons. The molecule has 3 nitrogen and oxygen atoms in total. The second kappa shape index (κ2) is 7.99. The van der Waals surface area contributed by atoms with Crippen molar-refractivity contribution in [2.75, 3.05) is 18.1 Å². The third kappa shape index (κ3) is 4.49. The molecule has 0 aliphatic heterocycles. The van der Waals surface area contributed by atoms with Gasteiger partial charge in [-0.2, -0.15) is 11.8 Å². The molecule has 0 aromatic carbocycles. The summed E-state index contributed by atoms with van der Waals surface area (Å²) in [4.78, 5) is 12.7. The van der Waals surface area contributed by atoms with Gasteiger partial charge in [-0.15, -0.1) is 0 Å². The summed E-state index contributed by atoms with van der Waals surface area (Å²) < 4.78 is 0. The molecule has 2 rings (SSSR count). The molecule has 0 aromatic rings. The van der Waals surface area contributed by atoms with E-state index in [-0.39, 0.29) is 17.9 Å². The van der Waals surface area contributed by atoms with E-state index < -0.39 is 5.54 Å². The first-order chi connectivity index (χ1) is 11.3. The van der Waals surface area contributed by atoms with E-state index in [4.69, 9.17) is 0 Å². The second-order valence-corrected chi connectivity index (χ2v) is 9.99. The van der Waals surface area contributed by atoms with Gasteiger partial charge in [-0.3, -0.25) is 4.79 Å². The molecule has 0 atom stereocenters. The van der Waals surface area contributed by atoms with Gasteiger partial charge in [0, 0.05) is 6.42 Å². The van der Waals surface area contributed by atoms with Crippen LogP contribution < -0.4 is 5.32 Å². The van der Waals surface area contributed by atoms with Crippen LogP contribution in [0.3, 0.4) is 0 Å². The number of carbonyl (C=O) groups is 1. The highest BCUT2D eigenvalue weighted by Gasteiger charge is 2.54. The van der Waals surface area contributed by atoms with Crippen molar-refractivity contribution in [1.29, 1.82) is 0 Å². The van der Waals surface area contributed by atoms with E-state index in [2.05, 4.69) is 30.9 Å². The third-order valence-corrected chi connectivity index (χ3v) is 8.30. The lowest BCUT2D eigenvalue weighted by atomic mass is 9.80. The van der Waals surface area contributed by atoms with Crippen molar-refractivity contribution in [3.8, 4) is 0 Å². The van der Waals surface area contributed by atoms with Gasteiger partial charge >= 0.3 is 0 Å². The predicted octanol–water partition coefficient (Wildman–Crippen LogP) is 4.38. The summed E-state index contributed by atoms with van der Waals surface area (Å²) in [6, 6.07) is 0. The molecule has 0 saturated heterocycles. The van der Waals surface area contributed by atoms with Crippen molar-refractivity contribution in [3.63, 3.8) is 0 Å². The van der Waals surface area contributed by atoms with Gasteiger partial charge in [0.05, 0.1) is 12.1 Å². The quantitative estimate of drug-likeness (QED) is 0.611. The Kier molecular flexibility index (Phi) is 6.69. The molecule has 2 bridgehead atoms. The zero-order valence-electron chi connectivity index (χ0n) is 16.1. The van der Waals surface area contributed by atoms with Crippen LogP contribution in [0.1, 0.15) is 79.1 Å². The molecule has 2 fully saturated rings. The highest BCUT2D eigenvalue weighted by molar-refractivity contribution is 7.99. The fourth-order valence-corrected chi connectivity index (χ4v) is 6.19. The van der Waals surface area contributed by atoms with Crippen LogP contribution in [0.25, 0.3) is 0 Å². The Hall–Kier alpha value is -0.220. The van der Waals surface area contributed by atoms with Crippen LogP contribution in [-0.2, 0) is 4.79 Å². The summed E-state index contributed by atoms with van der Waals surface area (Å²) in [5.74, 6) is 3.44. The van der Waals surface area contributed by atoms with Crippen molar-refractivity contribution in [2.24, 2.45) is 16.7 Å². The molecule has 0 spiro atoms. The average Bonchev–Trinajstić information content (AvgIpc) is 3.07. The number of hydrogen-bond donors (Lipinski definition) is 2. The van der Waals surface area contributed by atoms with Crippen molar-refractivity contribution < 1.29 is 9.90 Å². The normalized spacial score (nSPS) is 29.4. The van der Waals surface area contributed by atoms with Gasteiger partial charge in [-0.1, -0.05) is 27.7 Å². The molecule has 2 aliphatic carbocycles. The van der Waals surface area contributed by atoms with E-state index in [0.29, 0.717) is 11.8 Å². The lowest BCUT2D eigenvalue weighted by molar-refractivity contribution is -0.126. The van der Waals surface area contributed by atoms with Crippen LogP contribution in [0.5, 0.6) is 0 Å². The molecule has 2 aliphatic rings. The van der Waals surface area contributed by atoms with Crippen molar-refractivity contribution in [1.82, 2.24) is 5.32 Å². The maximum atomic E-state index is 12.7. The van der Waals surface area contributed by atoms with Gasteiger partial charge < -0.3 is 10.4 Å². The first kappa shape index (κ1) is 20.1. The number of thioether (sulfide) groups is 1. The minimum atomic E-state index is -0.421. The zero-order chi connectivity index (χ0) is 17.8. The highest BCUT2D eigenvalue weighted by atomic mass is 32.2. The van der Waals surface area contributed by atoms with Crippen molar-refractivity contribution in [2.45, 2.75) is 84.6 Å². The summed E-state index contributed by atoms with van der Waals surface area (Å²) in [5, 5.41) is 12.8. The summed E-state index contributed by atoms with van der Waals surface area (Å²) >= 11 is 2.11. The van der Waals surface area contributed by atoms with Crippen molar-refractivity contribution >= 4 is 17.7 Å². The molecular formula is C20H37NO2S. The van der Waals surface area contributed by atoms with Crippen LogP contribution in [0, 0.1) is 16.7 Å². The number of aliphatic hydroxyl groups excluding tert-OH is 1. The third-order valence-electron chi connectivity index (χ3n) is 6.58. The Bertz CT molecular complexity index is 415. The summed E-state index contributed by atoms with van der Waals surface area (Å²) in [6.45, 7) is 8.70. The van der Waals surface area contributed by atoms with Gasteiger partial charge in [0.2, 0.25) is 5.91 Å². The van der Waals surface area contributed by atoms with E-state index in [1.807, 2.05) is 13.8 Å². The molecule has 1 amide bonds. The van der Waals surface area contributed by atoms with Gasteiger partial charge in [-0.05, 0) is 73.2 Å². The number of aliphatic hydroxyl groups is 1. The lowest BCUT2D eigenvalue weighted by Crippen LogP contribution is -2.51. The molecule has 140 valence electrons. The number of hydrogen-bond acceptors (Lipinski definition) is 3. The molecular weight excluding hydrogens is 318 g/mol. The van der Waals surface area contributed by atoms with E-state index in [1.165, 1.54) is 43.6 Å². The van der Waals surface area contributed by atoms with E-state index in [9.17, 15) is 9.90 Å². The average molecular weight is 356 g/mol. The van der Waals surface area contributed by atoms with E-state index in [1.54, 1.807) is 0 Å². The van der Waals surface area contributed by atoms with Gasteiger partial charge in [-0.25, -0.2) is 0 Å². The standard InChI is InChI=1S/C20H37NO2S/c1-5-20(6-2,14-22)21-17(23)11-18-7-9-19(13-18,10-8-18)15-24-12-16(3)4/h16,22H,5-15H2,1-4H3,(H,21,23). The van der Waals surface area contributed by atoms with Gasteiger partial charge in [0.1, 0.15) is 0 Å². The Balaban J connectivity index is 1.89. The molecule has 2 saturated carbocycles. The Morgan fingerprint density at radius 2 is 1.75 bits per heavy atom. The number of amides is 1. The topological polar surface area (TPSA) is 49.3 Å². The smallest absolute Gasteiger partial charge is 0.221 e. The van der Waals surface area contributed by atoms with Crippen molar-refractivity contribution in [3.05, 3.63) is 0 Å².